The summed E-state index contributed by atoms with van der Waals surface area (Å²) >= 11 is 0. The van der Waals surface area contributed by atoms with Crippen molar-refractivity contribution in [3.8, 4) is 0 Å². The van der Waals surface area contributed by atoms with E-state index in [0.717, 1.165) is 12.4 Å². The van der Waals surface area contributed by atoms with E-state index in [0.29, 0.717) is 0 Å². The van der Waals surface area contributed by atoms with Crippen molar-refractivity contribution < 1.29 is 22.1 Å². The van der Waals surface area contributed by atoms with Crippen LogP contribution in [0.15, 0.2) is 12.4 Å². The summed E-state index contributed by atoms with van der Waals surface area (Å²) in [5, 5.41) is -1.00. The summed E-state index contributed by atoms with van der Waals surface area (Å²) < 4.78 is 48.9. The predicted octanol–water partition coefficient (Wildman–Crippen LogP) is 1.19. The van der Waals surface area contributed by atoms with E-state index in [1.165, 1.54) is 6.92 Å². The number of ether oxygens (including phenoxy) is 1. The molecule has 0 aliphatic heterocycles. The van der Waals surface area contributed by atoms with Crippen molar-refractivity contribution >= 4 is 10.1 Å². The number of hydrogen-bond donors (Lipinski definition) is 1. The third kappa shape index (κ3) is 4.28. The number of hydrogen-bond acceptors (Lipinski definition) is 5. The van der Waals surface area contributed by atoms with Crippen LogP contribution in [0.4, 0.5) is 4.39 Å². The molecule has 0 bridgehead atoms. The molecule has 0 radical (unpaired) electrons. The number of nitrogens with zero attached hydrogens (tertiary/aromatic N) is 2. The summed E-state index contributed by atoms with van der Waals surface area (Å²) in [7, 11) is -4.15. The Morgan fingerprint density at radius 1 is 1.44 bits per heavy atom. The average Bonchev–Trinajstić information content (AvgIpc) is 2.27. The Kier molecular flexibility index (Phi) is 5.12. The third-order valence-electron chi connectivity index (χ3n) is 2.46. The van der Waals surface area contributed by atoms with E-state index in [1.54, 1.807) is 6.92 Å². The van der Waals surface area contributed by atoms with Gasteiger partial charge in [-0.05, 0) is 13.3 Å². The van der Waals surface area contributed by atoms with Gasteiger partial charge in [0.25, 0.3) is 10.1 Å². The molecule has 8 heteroatoms. The van der Waals surface area contributed by atoms with Gasteiger partial charge in [-0.1, -0.05) is 6.92 Å². The summed E-state index contributed by atoms with van der Waals surface area (Å²) in [6.07, 6.45) is 1.51. The second kappa shape index (κ2) is 6.17. The van der Waals surface area contributed by atoms with Gasteiger partial charge in [-0.25, -0.2) is 14.4 Å². The van der Waals surface area contributed by atoms with E-state index in [-0.39, 0.29) is 18.9 Å². The fourth-order valence-electron chi connectivity index (χ4n) is 1.51. The first-order valence-corrected chi connectivity index (χ1v) is 6.89. The molecule has 1 N–H and O–H groups in total. The minimum Gasteiger partial charge on any atom is -0.369 e. The van der Waals surface area contributed by atoms with Crippen molar-refractivity contribution in [2.24, 2.45) is 0 Å². The SMILES string of the molecule is CC[C@@H]([C@H](C)OCc1ncc(F)cn1)S(=O)(=O)O. The minimum absolute atomic E-state index is 0.0481. The maximum Gasteiger partial charge on any atom is 0.270 e. The molecule has 2 atom stereocenters. The van der Waals surface area contributed by atoms with Gasteiger partial charge in [-0.15, -0.1) is 0 Å². The highest BCUT2D eigenvalue weighted by molar-refractivity contribution is 7.86. The molecule has 102 valence electrons. The van der Waals surface area contributed by atoms with Crippen molar-refractivity contribution in [2.45, 2.75) is 38.2 Å². The first-order chi connectivity index (χ1) is 8.34. The summed E-state index contributed by atoms with van der Waals surface area (Å²) in [6.45, 7) is 3.12. The molecule has 1 rings (SSSR count). The molecule has 0 amide bonds. The van der Waals surface area contributed by atoms with Crippen molar-refractivity contribution in [1.82, 2.24) is 9.97 Å². The topological polar surface area (TPSA) is 89.4 Å². The lowest BCUT2D eigenvalue weighted by Gasteiger charge is -2.19. The first-order valence-electron chi connectivity index (χ1n) is 5.39. The van der Waals surface area contributed by atoms with Gasteiger partial charge >= 0.3 is 0 Å². The van der Waals surface area contributed by atoms with Crippen molar-refractivity contribution in [2.75, 3.05) is 0 Å². The Bertz CT molecular complexity index is 477. The van der Waals surface area contributed by atoms with Crippen LogP contribution in [0.1, 0.15) is 26.1 Å². The lowest BCUT2D eigenvalue weighted by atomic mass is 10.2. The molecule has 1 aromatic heterocycles. The van der Waals surface area contributed by atoms with Crippen molar-refractivity contribution in [1.29, 1.82) is 0 Å². The lowest BCUT2D eigenvalue weighted by molar-refractivity contribution is 0.0438. The van der Waals surface area contributed by atoms with Crippen LogP contribution in [0, 0.1) is 5.82 Å². The van der Waals surface area contributed by atoms with Gasteiger partial charge in [0.1, 0.15) is 11.9 Å². The minimum atomic E-state index is -4.15. The van der Waals surface area contributed by atoms with E-state index < -0.39 is 27.3 Å². The third-order valence-corrected chi connectivity index (χ3v) is 3.94. The molecule has 18 heavy (non-hydrogen) atoms. The molecule has 0 spiro atoms. The van der Waals surface area contributed by atoms with Crippen LogP contribution in [-0.4, -0.2) is 34.3 Å². The zero-order valence-corrected chi connectivity index (χ0v) is 10.9. The van der Waals surface area contributed by atoms with Gasteiger partial charge in [-0.2, -0.15) is 8.42 Å². The van der Waals surface area contributed by atoms with Crippen molar-refractivity contribution in [3.05, 3.63) is 24.0 Å². The normalized spacial score (nSPS) is 15.3. The highest BCUT2D eigenvalue weighted by Gasteiger charge is 2.28. The summed E-state index contributed by atoms with van der Waals surface area (Å²) in [5.41, 5.74) is 0. The smallest absolute Gasteiger partial charge is 0.270 e. The van der Waals surface area contributed by atoms with Gasteiger partial charge in [0.05, 0.1) is 18.5 Å². The van der Waals surface area contributed by atoms with Crippen LogP contribution in [0.3, 0.4) is 0 Å². The van der Waals surface area contributed by atoms with Crippen LogP contribution in [0.5, 0.6) is 0 Å². The molecule has 0 aliphatic carbocycles. The molecule has 1 aromatic rings. The molecule has 0 aromatic carbocycles. The van der Waals surface area contributed by atoms with Gasteiger partial charge < -0.3 is 4.74 Å². The van der Waals surface area contributed by atoms with Gasteiger partial charge in [0, 0.05) is 0 Å². The Labute approximate surface area is 105 Å². The molecule has 1 heterocycles. The lowest BCUT2D eigenvalue weighted by Crippen LogP contribution is -2.33. The highest BCUT2D eigenvalue weighted by Crippen LogP contribution is 2.13. The maximum atomic E-state index is 12.5. The zero-order valence-electron chi connectivity index (χ0n) is 10.1. The summed E-state index contributed by atoms with van der Waals surface area (Å²) in [4.78, 5) is 7.35. The van der Waals surface area contributed by atoms with Crippen LogP contribution >= 0.6 is 0 Å². The average molecular weight is 278 g/mol. The molecule has 0 aliphatic rings. The molecular formula is C10H15FN2O4S. The Balaban J connectivity index is 2.60. The quantitative estimate of drug-likeness (QED) is 0.786. The van der Waals surface area contributed by atoms with E-state index in [1.807, 2.05) is 0 Å². The molecular weight excluding hydrogens is 263 g/mol. The van der Waals surface area contributed by atoms with Crippen LogP contribution in [0.25, 0.3) is 0 Å². The summed E-state index contributed by atoms with van der Waals surface area (Å²) in [5.74, 6) is -0.315. The van der Waals surface area contributed by atoms with E-state index in [9.17, 15) is 12.8 Å². The number of rotatable bonds is 6. The first kappa shape index (κ1) is 14.9. The Morgan fingerprint density at radius 3 is 2.44 bits per heavy atom. The van der Waals surface area contributed by atoms with Gasteiger partial charge in [0.2, 0.25) is 0 Å². The fourth-order valence-corrected chi connectivity index (χ4v) is 2.50. The monoisotopic (exact) mass is 278 g/mol. The zero-order chi connectivity index (χ0) is 13.8. The maximum absolute atomic E-state index is 12.5. The fraction of sp³-hybridized carbons (Fsp3) is 0.600. The number of aromatic nitrogens is 2. The largest absolute Gasteiger partial charge is 0.369 e. The highest BCUT2D eigenvalue weighted by atomic mass is 32.2. The van der Waals surface area contributed by atoms with Gasteiger partial charge in [-0.3, -0.25) is 4.55 Å². The predicted molar refractivity (Wildman–Crippen MR) is 61.9 cm³/mol. The second-order valence-electron chi connectivity index (χ2n) is 3.80. The van der Waals surface area contributed by atoms with E-state index in [2.05, 4.69) is 9.97 Å². The van der Waals surface area contributed by atoms with Crippen LogP contribution < -0.4 is 0 Å². The standard InChI is InChI=1S/C10H15FN2O4S/c1-3-9(18(14,15)16)7(2)17-6-10-12-4-8(11)5-13-10/h4-5,7,9H,3,6H2,1-2H3,(H,14,15,16)/t7-,9-/m0/s1. The molecule has 0 fully saturated rings. The Morgan fingerprint density at radius 2 is 2.00 bits per heavy atom. The molecule has 0 saturated carbocycles. The molecule has 6 nitrogen and oxygen atoms in total. The van der Waals surface area contributed by atoms with Crippen LogP contribution in [-0.2, 0) is 21.5 Å². The van der Waals surface area contributed by atoms with E-state index >= 15 is 0 Å². The van der Waals surface area contributed by atoms with Gasteiger partial charge in [0.15, 0.2) is 11.6 Å². The van der Waals surface area contributed by atoms with Crippen LogP contribution in [0.2, 0.25) is 0 Å². The summed E-state index contributed by atoms with van der Waals surface area (Å²) in [6, 6.07) is 0. The molecule has 0 unspecified atom stereocenters. The Hall–Kier alpha value is -1.12. The second-order valence-corrected chi connectivity index (χ2v) is 5.43. The van der Waals surface area contributed by atoms with E-state index in [4.69, 9.17) is 9.29 Å². The number of halogens is 1. The van der Waals surface area contributed by atoms with Crippen molar-refractivity contribution in [3.63, 3.8) is 0 Å². The molecule has 0 saturated heterocycles.